The van der Waals surface area contributed by atoms with Crippen molar-refractivity contribution < 1.29 is 0 Å². The van der Waals surface area contributed by atoms with Gasteiger partial charge in [0.1, 0.15) is 0 Å². The van der Waals surface area contributed by atoms with Gasteiger partial charge < -0.3 is 5.32 Å². The molecule has 1 aromatic heterocycles. The summed E-state index contributed by atoms with van der Waals surface area (Å²) in [6, 6.07) is 1.98. The Hall–Kier alpha value is -0.640. The highest BCUT2D eigenvalue weighted by Gasteiger charge is 2.02. The molecule has 0 aliphatic rings. The first kappa shape index (κ1) is 12.4. The fraction of sp³-hybridized carbons (Fsp3) is 0.636. The van der Waals surface area contributed by atoms with Gasteiger partial charge in [-0.05, 0) is 32.8 Å². The molecule has 0 fully saturated rings. The first-order chi connectivity index (χ1) is 7.11. The average Bonchev–Trinajstić information content (AvgIpc) is 2.16. The standard InChI is InChI=1S/C11H18BrN3/c1-4-10(12)5-6-13-11-14-8(2)7-9(3)15-11/h7,10H,4-6H2,1-3H3,(H,13,14,15). The molecule has 0 spiro atoms. The molecule has 0 amide bonds. The van der Waals surface area contributed by atoms with Gasteiger partial charge in [-0.25, -0.2) is 9.97 Å². The number of hydrogen-bond acceptors (Lipinski definition) is 3. The summed E-state index contributed by atoms with van der Waals surface area (Å²) in [4.78, 5) is 9.22. The Bertz CT molecular complexity index is 294. The minimum atomic E-state index is 0.580. The predicted octanol–water partition coefficient (Wildman–Crippen LogP) is 3.07. The van der Waals surface area contributed by atoms with Gasteiger partial charge in [0.15, 0.2) is 0 Å². The van der Waals surface area contributed by atoms with Gasteiger partial charge in [-0.3, -0.25) is 0 Å². The van der Waals surface area contributed by atoms with Crippen LogP contribution in [0.2, 0.25) is 0 Å². The van der Waals surface area contributed by atoms with Crippen LogP contribution in [0.1, 0.15) is 31.2 Å². The predicted molar refractivity (Wildman–Crippen MR) is 67.6 cm³/mol. The molecule has 1 unspecified atom stereocenters. The molecule has 0 saturated carbocycles. The number of nitrogens with zero attached hydrogens (tertiary/aromatic N) is 2. The van der Waals surface area contributed by atoms with Gasteiger partial charge in [0.2, 0.25) is 5.95 Å². The van der Waals surface area contributed by atoms with Crippen molar-refractivity contribution in [1.29, 1.82) is 0 Å². The third-order valence-electron chi connectivity index (χ3n) is 2.17. The van der Waals surface area contributed by atoms with E-state index in [1.165, 1.54) is 0 Å². The number of anilines is 1. The molecule has 1 heterocycles. The van der Waals surface area contributed by atoms with Crippen LogP contribution in [0, 0.1) is 13.8 Å². The summed E-state index contributed by atoms with van der Waals surface area (Å²) in [6.45, 7) is 7.05. The van der Waals surface area contributed by atoms with Crippen molar-refractivity contribution in [3.63, 3.8) is 0 Å². The van der Waals surface area contributed by atoms with E-state index in [0.717, 1.165) is 36.7 Å². The molecule has 0 aliphatic heterocycles. The Kier molecular flexibility index (Phi) is 5.02. The number of alkyl halides is 1. The SMILES string of the molecule is CCC(Br)CCNc1nc(C)cc(C)n1. The molecule has 84 valence electrons. The summed E-state index contributed by atoms with van der Waals surface area (Å²) in [7, 11) is 0. The number of aryl methyl sites for hydroxylation is 2. The Labute approximate surface area is 99.8 Å². The Morgan fingerprint density at radius 1 is 1.33 bits per heavy atom. The minimum Gasteiger partial charge on any atom is -0.354 e. The van der Waals surface area contributed by atoms with E-state index < -0.39 is 0 Å². The van der Waals surface area contributed by atoms with E-state index in [2.05, 4.69) is 38.1 Å². The highest BCUT2D eigenvalue weighted by molar-refractivity contribution is 9.09. The van der Waals surface area contributed by atoms with Crippen LogP contribution < -0.4 is 5.32 Å². The molecule has 1 atom stereocenters. The summed E-state index contributed by atoms with van der Waals surface area (Å²) in [5.74, 6) is 0.739. The second-order valence-electron chi connectivity index (χ2n) is 3.70. The van der Waals surface area contributed by atoms with Crippen LogP contribution in [0.25, 0.3) is 0 Å². The van der Waals surface area contributed by atoms with E-state index in [0.29, 0.717) is 4.83 Å². The molecule has 3 nitrogen and oxygen atoms in total. The Balaban J connectivity index is 2.43. The van der Waals surface area contributed by atoms with Crippen LogP contribution in [-0.2, 0) is 0 Å². The van der Waals surface area contributed by atoms with Gasteiger partial charge >= 0.3 is 0 Å². The van der Waals surface area contributed by atoms with E-state index >= 15 is 0 Å². The minimum absolute atomic E-state index is 0.580. The maximum atomic E-state index is 4.32. The van der Waals surface area contributed by atoms with Gasteiger partial charge in [-0.2, -0.15) is 0 Å². The van der Waals surface area contributed by atoms with Crippen molar-refractivity contribution >= 4 is 21.9 Å². The molecule has 1 rings (SSSR count). The van der Waals surface area contributed by atoms with Crippen LogP contribution in [0.4, 0.5) is 5.95 Å². The van der Waals surface area contributed by atoms with Gasteiger partial charge in [0.25, 0.3) is 0 Å². The van der Waals surface area contributed by atoms with E-state index in [1.807, 2.05) is 19.9 Å². The van der Waals surface area contributed by atoms with Crippen molar-refractivity contribution in [2.45, 2.75) is 38.4 Å². The second-order valence-corrected chi connectivity index (χ2v) is 4.99. The molecular weight excluding hydrogens is 254 g/mol. The molecule has 1 aromatic rings. The van der Waals surface area contributed by atoms with Crippen LogP contribution in [-0.4, -0.2) is 21.3 Å². The Morgan fingerprint density at radius 2 is 1.93 bits per heavy atom. The molecule has 0 aromatic carbocycles. The second kappa shape index (κ2) is 6.05. The average molecular weight is 272 g/mol. The molecule has 1 N–H and O–H groups in total. The molecule has 0 radical (unpaired) electrons. The van der Waals surface area contributed by atoms with Gasteiger partial charge in [-0.1, -0.05) is 22.9 Å². The van der Waals surface area contributed by atoms with Crippen LogP contribution >= 0.6 is 15.9 Å². The summed E-state index contributed by atoms with van der Waals surface area (Å²) in [5.41, 5.74) is 2.02. The van der Waals surface area contributed by atoms with Crippen LogP contribution in [0.15, 0.2) is 6.07 Å². The molecule has 0 saturated heterocycles. The van der Waals surface area contributed by atoms with Gasteiger partial charge in [-0.15, -0.1) is 0 Å². The van der Waals surface area contributed by atoms with Crippen molar-refractivity contribution in [3.05, 3.63) is 17.5 Å². The zero-order chi connectivity index (χ0) is 11.3. The highest BCUT2D eigenvalue weighted by atomic mass is 79.9. The number of hydrogen-bond donors (Lipinski definition) is 1. The number of rotatable bonds is 5. The van der Waals surface area contributed by atoms with Crippen molar-refractivity contribution in [2.75, 3.05) is 11.9 Å². The maximum Gasteiger partial charge on any atom is 0.223 e. The summed E-state index contributed by atoms with van der Waals surface area (Å²) in [6.07, 6.45) is 2.24. The molecule has 4 heteroatoms. The number of halogens is 1. The summed E-state index contributed by atoms with van der Waals surface area (Å²) in [5, 5.41) is 3.24. The maximum absolute atomic E-state index is 4.32. The fourth-order valence-corrected chi connectivity index (χ4v) is 1.58. The lowest BCUT2D eigenvalue weighted by Gasteiger charge is -2.08. The Morgan fingerprint density at radius 3 is 2.47 bits per heavy atom. The molecule has 0 aliphatic carbocycles. The first-order valence-corrected chi connectivity index (χ1v) is 6.23. The summed E-state index contributed by atoms with van der Waals surface area (Å²) >= 11 is 3.60. The van der Waals surface area contributed by atoms with Crippen LogP contribution in [0.5, 0.6) is 0 Å². The lowest BCUT2D eigenvalue weighted by atomic mass is 10.2. The van der Waals surface area contributed by atoms with Crippen molar-refractivity contribution in [2.24, 2.45) is 0 Å². The first-order valence-electron chi connectivity index (χ1n) is 5.32. The number of aromatic nitrogens is 2. The van der Waals surface area contributed by atoms with E-state index in [-0.39, 0.29) is 0 Å². The van der Waals surface area contributed by atoms with E-state index in [1.54, 1.807) is 0 Å². The molecule has 15 heavy (non-hydrogen) atoms. The lowest BCUT2D eigenvalue weighted by Crippen LogP contribution is -2.10. The number of nitrogens with one attached hydrogen (secondary N) is 1. The summed E-state index contributed by atoms with van der Waals surface area (Å²) < 4.78 is 0. The fourth-order valence-electron chi connectivity index (χ4n) is 1.35. The van der Waals surface area contributed by atoms with Crippen molar-refractivity contribution in [1.82, 2.24) is 9.97 Å². The third-order valence-corrected chi connectivity index (χ3v) is 3.27. The van der Waals surface area contributed by atoms with Crippen molar-refractivity contribution in [3.8, 4) is 0 Å². The quantitative estimate of drug-likeness (QED) is 0.837. The zero-order valence-electron chi connectivity index (χ0n) is 9.55. The smallest absolute Gasteiger partial charge is 0.223 e. The zero-order valence-corrected chi connectivity index (χ0v) is 11.1. The third kappa shape index (κ3) is 4.60. The topological polar surface area (TPSA) is 37.8 Å². The lowest BCUT2D eigenvalue weighted by molar-refractivity contribution is 0.769. The van der Waals surface area contributed by atoms with Gasteiger partial charge in [0, 0.05) is 22.8 Å². The van der Waals surface area contributed by atoms with Crippen LogP contribution in [0.3, 0.4) is 0 Å². The van der Waals surface area contributed by atoms with Gasteiger partial charge in [0.05, 0.1) is 0 Å². The van der Waals surface area contributed by atoms with E-state index in [4.69, 9.17) is 0 Å². The van der Waals surface area contributed by atoms with E-state index in [9.17, 15) is 0 Å². The molecule has 0 bridgehead atoms. The molecular formula is C11H18BrN3. The normalized spacial score (nSPS) is 12.5. The largest absolute Gasteiger partial charge is 0.354 e. The monoisotopic (exact) mass is 271 g/mol. The highest BCUT2D eigenvalue weighted by Crippen LogP contribution is 2.09.